The molecule has 2 rings (SSSR count). The van der Waals surface area contributed by atoms with Crippen LogP contribution in [0.5, 0.6) is 0 Å². The fraction of sp³-hybridized carbons (Fsp3) is 0.375. The van der Waals surface area contributed by atoms with Gasteiger partial charge in [-0.15, -0.1) is 0 Å². The van der Waals surface area contributed by atoms with E-state index in [1.165, 1.54) is 0 Å². The summed E-state index contributed by atoms with van der Waals surface area (Å²) in [6, 6.07) is 3.64. The number of aryl methyl sites for hydroxylation is 1. The molecule has 140 valence electrons. The highest BCUT2D eigenvalue weighted by Gasteiger charge is 2.32. The van der Waals surface area contributed by atoms with E-state index >= 15 is 0 Å². The number of carbonyl (C=O) groups is 1. The Labute approximate surface area is 148 Å². The van der Waals surface area contributed by atoms with Gasteiger partial charge >= 0.3 is 6.18 Å². The minimum atomic E-state index is -4.53. The molecule has 0 fully saturated rings. The number of alkyl halides is 3. The average molecular weight is 368 g/mol. The number of aromatic nitrogens is 3. The van der Waals surface area contributed by atoms with Gasteiger partial charge in [0.2, 0.25) is 5.95 Å². The van der Waals surface area contributed by atoms with Crippen LogP contribution in [0, 0.1) is 6.92 Å². The third-order valence-electron chi connectivity index (χ3n) is 3.22. The molecule has 0 aromatic carbocycles. The number of nitrogens with one attached hydrogen (secondary N) is 3. The molecule has 2 aromatic heterocycles. The second kappa shape index (κ2) is 8.45. The highest BCUT2D eigenvalue weighted by atomic mass is 19.4. The first-order valence-electron chi connectivity index (χ1n) is 7.94. The van der Waals surface area contributed by atoms with Gasteiger partial charge < -0.3 is 16.0 Å². The Morgan fingerprint density at radius 2 is 1.92 bits per heavy atom. The Hall–Kier alpha value is -2.91. The van der Waals surface area contributed by atoms with Gasteiger partial charge in [0, 0.05) is 37.6 Å². The Balaban J connectivity index is 1.83. The molecular formula is C16H19F3N6O. The molecule has 0 saturated carbocycles. The molecule has 0 saturated heterocycles. The van der Waals surface area contributed by atoms with Crippen molar-refractivity contribution in [3.8, 4) is 0 Å². The van der Waals surface area contributed by atoms with E-state index in [4.69, 9.17) is 0 Å². The van der Waals surface area contributed by atoms with Crippen LogP contribution in [0.1, 0.15) is 28.7 Å². The van der Waals surface area contributed by atoms with Gasteiger partial charge in [0.05, 0.1) is 5.56 Å². The SMILES string of the molecule is CCNc1nc(C)cc(NCCNC(=O)c2ccc(C(F)(F)F)nc2)n1. The second-order valence-corrected chi connectivity index (χ2v) is 5.36. The first kappa shape index (κ1) is 19.4. The maximum atomic E-state index is 12.4. The van der Waals surface area contributed by atoms with Crippen molar-refractivity contribution in [2.75, 3.05) is 30.3 Å². The fourth-order valence-corrected chi connectivity index (χ4v) is 2.06. The summed E-state index contributed by atoms with van der Waals surface area (Å²) in [6.07, 6.45) is -3.62. The number of halogens is 3. The van der Waals surface area contributed by atoms with Crippen LogP contribution in [-0.2, 0) is 6.18 Å². The summed E-state index contributed by atoms with van der Waals surface area (Å²) in [7, 11) is 0. The lowest BCUT2D eigenvalue weighted by Crippen LogP contribution is -2.29. The number of amides is 1. The summed E-state index contributed by atoms with van der Waals surface area (Å²) in [5.41, 5.74) is -0.185. The van der Waals surface area contributed by atoms with E-state index in [2.05, 4.69) is 30.9 Å². The number of rotatable bonds is 7. The minimum absolute atomic E-state index is 0.0605. The zero-order valence-corrected chi connectivity index (χ0v) is 14.3. The van der Waals surface area contributed by atoms with Crippen molar-refractivity contribution in [1.29, 1.82) is 0 Å². The van der Waals surface area contributed by atoms with E-state index in [0.717, 1.165) is 24.0 Å². The lowest BCUT2D eigenvalue weighted by atomic mass is 10.2. The van der Waals surface area contributed by atoms with Crippen molar-refractivity contribution in [1.82, 2.24) is 20.3 Å². The van der Waals surface area contributed by atoms with Gasteiger partial charge in [-0.05, 0) is 26.0 Å². The highest BCUT2D eigenvalue weighted by Crippen LogP contribution is 2.27. The van der Waals surface area contributed by atoms with E-state index in [1.807, 2.05) is 13.8 Å². The number of carbonyl (C=O) groups excluding carboxylic acids is 1. The van der Waals surface area contributed by atoms with Crippen LogP contribution in [0.3, 0.4) is 0 Å². The molecule has 26 heavy (non-hydrogen) atoms. The number of anilines is 2. The van der Waals surface area contributed by atoms with Gasteiger partial charge in [-0.25, -0.2) is 4.98 Å². The van der Waals surface area contributed by atoms with E-state index in [0.29, 0.717) is 24.9 Å². The van der Waals surface area contributed by atoms with Gasteiger partial charge in [-0.3, -0.25) is 9.78 Å². The molecule has 0 bridgehead atoms. The number of hydrogen-bond acceptors (Lipinski definition) is 6. The molecule has 7 nitrogen and oxygen atoms in total. The number of pyridine rings is 1. The zero-order chi connectivity index (χ0) is 19.2. The van der Waals surface area contributed by atoms with Gasteiger partial charge in [-0.1, -0.05) is 0 Å². The van der Waals surface area contributed by atoms with E-state index in [1.54, 1.807) is 6.07 Å². The first-order chi connectivity index (χ1) is 12.3. The van der Waals surface area contributed by atoms with Gasteiger partial charge in [0.1, 0.15) is 11.5 Å². The zero-order valence-electron chi connectivity index (χ0n) is 14.3. The van der Waals surface area contributed by atoms with Gasteiger partial charge in [-0.2, -0.15) is 18.2 Å². The van der Waals surface area contributed by atoms with E-state index in [-0.39, 0.29) is 12.1 Å². The normalized spacial score (nSPS) is 11.1. The Kier molecular flexibility index (Phi) is 6.31. The van der Waals surface area contributed by atoms with E-state index < -0.39 is 17.8 Å². The Bertz CT molecular complexity index is 749. The van der Waals surface area contributed by atoms with Crippen LogP contribution in [0.4, 0.5) is 24.9 Å². The fourth-order valence-electron chi connectivity index (χ4n) is 2.06. The van der Waals surface area contributed by atoms with Gasteiger partial charge in [0.15, 0.2) is 0 Å². The lowest BCUT2D eigenvalue weighted by molar-refractivity contribution is -0.141. The smallest absolute Gasteiger partial charge is 0.368 e. The van der Waals surface area contributed by atoms with Crippen molar-refractivity contribution in [3.63, 3.8) is 0 Å². The molecular weight excluding hydrogens is 349 g/mol. The summed E-state index contributed by atoms with van der Waals surface area (Å²) >= 11 is 0. The summed E-state index contributed by atoms with van der Waals surface area (Å²) in [5.74, 6) is 0.619. The van der Waals surface area contributed by atoms with E-state index in [9.17, 15) is 18.0 Å². The molecule has 0 radical (unpaired) electrons. The molecule has 0 atom stereocenters. The number of nitrogens with zero attached hydrogens (tertiary/aromatic N) is 3. The Morgan fingerprint density at radius 1 is 1.15 bits per heavy atom. The van der Waals surface area contributed by atoms with Crippen LogP contribution < -0.4 is 16.0 Å². The third-order valence-corrected chi connectivity index (χ3v) is 3.22. The molecule has 1 amide bonds. The largest absolute Gasteiger partial charge is 0.433 e. The maximum Gasteiger partial charge on any atom is 0.433 e. The average Bonchev–Trinajstić information content (AvgIpc) is 2.58. The molecule has 3 N–H and O–H groups in total. The Morgan fingerprint density at radius 3 is 2.54 bits per heavy atom. The molecule has 10 heteroatoms. The minimum Gasteiger partial charge on any atom is -0.368 e. The topological polar surface area (TPSA) is 91.8 Å². The van der Waals surface area contributed by atoms with Crippen molar-refractivity contribution >= 4 is 17.7 Å². The monoisotopic (exact) mass is 368 g/mol. The van der Waals surface area contributed by atoms with Crippen LogP contribution in [0.15, 0.2) is 24.4 Å². The quantitative estimate of drug-likeness (QED) is 0.651. The van der Waals surface area contributed by atoms with Gasteiger partial charge in [0.25, 0.3) is 5.91 Å². The molecule has 2 aromatic rings. The van der Waals surface area contributed by atoms with Crippen molar-refractivity contribution in [3.05, 3.63) is 41.3 Å². The summed E-state index contributed by atoms with van der Waals surface area (Å²) in [6.45, 7) is 5.12. The van der Waals surface area contributed by atoms with Crippen molar-refractivity contribution in [2.45, 2.75) is 20.0 Å². The van der Waals surface area contributed by atoms with Crippen LogP contribution >= 0.6 is 0 Å². The predicted octanol–water partition coefficient (Wildman–Crippen LogP) is 2.47. The first-order valence-corrected chi connectivity index (χ1v) is 7.94. The van der Waals surface area contributed by atoms with Crippen LogP contribution in [-0.4, -0.2) is 40.5 Å². The lowest BCUT2D eigenvalue weighted by Gasteiger charge is -2.10. The summed E-state index contributed by atoms with van der Waals surface area (Å²) < 4.78 is 37.3. The van der Waals surface area contributed by atoms with Crippen LogP contribution in [0.2, 0.25) is 0 Å². The van der Waals surface area contributed by atoms with Crippen LogP contribution in [0.25, 0.3) is 0 Å². The maximum absolute atomic E-state index is 12.4. The second-order valence-electron chi connectivity index (χ2n) is 5.36. The standard InChI is InChI=1S/C16H19F3N6O/c1-3-20-15-24-10(2)8-13(25-15)21-6-7-22-14(26)11-4-5-12(23-9-11)16(17,18)19/h4-5,8-9H,3,6-7H2,1-2H3,(H,22,26)(H2,20,21,24,25). The number of hydrogen-bond donors (Lipinski definition) is 3. The van der Waals surface area contributed by atoms with Crippen molar-refractivity contribution < 1.29 is 18.0 Å². The summed E-state index contributed by atoms with van der Waals surface area (Å²) in [5, 5.41) is 8.66. The molecule has 0 unspecified atom stereocenters. The summed E-state index contributed by atoms with van der Waals surface area (Å²) in [4.78, 5) is 23.7. The third kappa shape index (κ3) is 5.57. The molecule has 0 aliphatic rings. The van der Waals surface area contributed by atoms with Crippen molar-refractivity contribution in [2.24, 2.45) is 0 Å². The molecule has 2 heterocycles. The molecule has 0 spiro atoms. The molecule has 0 aliphatic heterocycles. The molecule has 0 aliphatic carbocycles. The highest BCUT2D eigenvalue weighted by molar-refractivity contribution is 5.93. The predicted molar refractivity (Wildman–Crippen MR) is 91.0 cm³/mol.